The third-order valence-corrected chi connectivity index (χ3v) is 4.07. The molecule has 0 spiro atoms. The highest BCUT2D eigenvalue weighted by atomic mass is 16.3. The summed E-state index contributed by atoms with van der Waals surface area (Å²) < 4.78 is 0. The molecule has 0 amide bonds. The minimum Gasteiger partial charge on any atom is -0.395 e. The predicted molar refractivity (Wildman–Crippen MR) is 89.6 cm³/mol. The number of nitrogens with zero attached hydrogens (tertiary/aromatic N) is 5. The number of hydrogen-bond acceptors (Lipinski definition) is 6. The van der Waals surface area contributed by atoms with Gasteiger partial charge in [0.15, 0.2) is 0 Å². The van der Waals surface area contributed by atoms with Crippen molar-refractivity contribution in [3.8, 4) is 0 Å². The van der Waals surface area contributed by atoms with Gasteiger partial charge in [-0.15, -0.1) is 0 Å². The first-order valence-electron chi connectivity index (χ1n) is 7.71. The van der Waals surface area contributed by atoms with Gasteiger partial charge in [-0.1, -0.05) is 12.1 Å². The number of anilines is 2. The molecule has 22 heavy (non-hydrogen) atoms. The molecule has 2 aromatic rings. The van der Waals surface area contributed by atoms with E-state index in [0.29, 0.717) is 0 Å². The molecule has 0 aliphatic carbocycles. The van der Waals surface area contributed by atoms with Crippen molar-refractivity contribution in [2.24, 2.45) is 0 Å². The van der Waals surface area contributed by atoms with Gasteiger partial charge in [-0.2, -0.15) is 4.98 Å². The first-order valence-corrected chi connectivity index (χ1v) is 7.71. The molecule has 1 aromatic heterocycles. The Hall–Kier alpha value is -1.92. The number of aromatic nitrogens is 2. The van der Waals surface area contributed by atoms with Gasteiger partial charge in [-0.05, 0) is 12.1 Å². The summed E-state index contributed by atoms with van der Waals surface area (Å²) in [4.78, 5) is 16.0. The number of fused-ring (bicyclic) bond motifs is 1. The molecule has 0 unspecified atom stereocenters. The number of aliphatic hydroxyl groups is 1. The zero-order valence-electron chi connectivity index (χ0n) is 13.2. The second-order valence-corrected chi connectivity index (χ2v) is 5.81. The van der Waals surface area contributed by atoms with Gasteiger partial charge < -0.3 is 14.9 Å². The lowest BCUT2D eigenvalue weighted by molar-refractivity contribution is 0.188. The van der Waals surface area contributed by atoms with Gasteiger partial charge in [-0.3, -0.25) is 4.90 Å². The highest BCUT2D eigenvalue weighted by Crippen LogP contribution is 2.25. The van der Waals surface area contributed by atoms with Crippen LogP contribution in [0.4, 0.5) is 11.8 Å². The lowest BCUT2D eigenvalue weighted by Crippen LogP contribution is -2.47. The van der Waals surface area contributed by atoms with Crippen LogP contribution in [0.25, 0.3) is 10.9 Å². The molecule has 118 valence electrons. The predicted octanol–water partition coefficient (Wildman–Crippen LogP) is 0.810. The Morgan fingerprint density at radius 2 is 1.82 bits per heavy atom. The van der Waals surface area contributed by atoms with Crippen LogP contribution in [0, 0.1) is 0 Å². The molecule has 2 heterocycles. The number of β-amino-alcohol motifs (C(OH)–C–C–N with tert-alkyl or cyclic N) is 1. The maximum Gasteiger partial charge on any atom is 0.227 e. The molecule has 1 saturated heterocycles. The maximum atomic E-state index is 9.03. The molecule has 0 radical (unpaired) electrons. The van der Waals surface area contributed by atoms with E-state index in [1.165, 1.54) is 0 Å². The van der Waals surface area contributed by atoms with Gasteiger partial charge in [-0.25, -0.2) is 4.98 Å². The Morgan fingerprint density at radius 3 is 2.50 bits per heavy atom. The van der Waals surface area contributed by atoms with E-state index >= 15 is 0 Å². The minimum absolute atomic E-state index is 0.219. The summed E-state index contributed by atoms with van der Waals surface area (Å²) in [5.74, 6) is 1.75. The summed E-state index contributed by atoms with van der Waals surface area (Å²) in [6, 6.07) is 8.13. The normalized spacial score (nSPS) is 16.2. The molecule has 1 aromatic carbocycles. The van der Waals surface area contributed by atoms with Crippen LogP contribution in [0.15, 0.2) is 24.3 Å². The van der Waals surface area contributed by atoms with Crippen molar-refractivity contribution in [1.29, 1.82) is 0 Å². The summed E-state index contributed by atoms with van der Waals surface area (Å²) in [5.41, 5.74) is 0.981. The summed E-state index contributed by atoms with van der Waals surface area (Å²) in [6.07, 6.45) is 0. The Morgan fingerprint density at radius 1 is 1.09 bits per heavy atom. The van der Waals surface area contributed by atoms with Crippen LogP contribution in [-0.2, 0) is 0 Å². The third kappa shape index (κ3) is 2.98. The Balaban J connectivity index is 1.88. The second kappa shape index (κ2) is 6.46. The zero-order chi connectivity index (χ0) is 15.5. The van der Waals surface area contributed by atoms with Gasteiger partial charge in [0.1, 0.15) is 5.82 Å². The monoisotopic (exact) mass is 301 g/mol. The number of aliphatic hydroxyl groups excluding tert-OH is 1. The maximum absolute atomic E-state index is 9.03. The fraction of sp³-hybridized carbons (Fsp3) is 0.500. The molecule has 0 atom stereocenters. The van der Waals surface area contributed by atoms with Crippen molar-refractivity contribution >= 4 is 22.7 Å². The van der Waals surface area contributed by atoms with Gasteiger partial charge in [0.05, 0.1) is 12.1 Å². The fourth-order valence-electron chi connectivity index (χ4n) is 2.84. The molecular weight excluding hydrogens is 278 g/mol. The van der Waals surface area contributed by atoms with Crippen molar-refractivity contribution in [2.75, 3.05) is 63.2 Å². The molecule has 3 rings (SSSR count). The van der Waals surface area contributed by atoms with E-state index in [9.17, 15) is 0 Å². The molecule has 6 nitrogen and oxygen atoms in total. The lowest BCUT2D eigenvalue weighted by atomic mass is 10.2. The smallest absolute Gasteiger partial charge is 0.227 e. The standard InChI is InChI=1S/C16H23N5O/c1-19(2)15-13-5-3-4-6-14(13)17-16(18-15)21-9-7-20(8-10-21)11-12-22/h3-6,22H,7-12H2,1-2H3. The minimum atomic E-state index is 0.219. The van der Waals surface area contributed by atoms with E-state index in [2.05, 4.69) is 15.9 Å². The van der Waals surface area contributed by atoms with E-state index < -0.39 is 0 Å². The van der Waals surface area contributed by atoms with Crippen molar-refractivity contribution in [3.63, 3.8) is 0 Å². The van der Waals surface area contributed by atoms with Gasteiger partial charge in [0.25, 0.3) is 0 Å². The molecule has 1 N–H and O–H groups in total. The Bertz CT molecular complexity index is 637. The van der Waals surface area contributed by atoms with Crippen LogP contribution < -0.4 is 9.80 Å². The molecule has 0 saturated carbocycles. The van der Waals surface area contributed by atoms with E-state index in [0.717, 1.165) is 55.4 Å². The zero-order valence-corrected chi connectivity index (χ0v) is 13.2. The Kier molecular flexibility index (Phi) is 4.40. The summed E-state index contributed by atoms with van der Waals surface area (Å²) in [5, 5.41) is 10.1. The van der Waals surface area contributed by atoms with Crippen molar-refractivity contribution in [2.45, 2.75) is 0 Å². The fourth-order valence-corrected chi connectivity index (χ4v) is 2.84. The second-order valence-electron chi connectivity index (χ2n) is 5.81. The quantitative estimate of drug-likeness (QED) is 0.902. The Labute approximate surface area is 131 Å². The number of hydrogen-bond donors (Lipinski definition) is 1. The highest BCUT2D eigenvalue weighted by Gasteiger charge is 2.20. The molecule has 6 heteroatoms. The van der Waals surface area contributed by atoms with Gasteiger partial charge >= 0.3 is 0 Å². The first-order chi connectivity index (χ1) is 10.7. The van der Waals surface area contributed by atoms with Crippen LogP contribution in [-0.4, -0.2) is 73.4 Å². The van der Waals surface area contributed by atoms with Crippen LogP contribution >= 0.6 is 0 Å². The largest absolute Gasteiger partial charge is 0.395 e. The number of rotatable bonds is 4. The third-order valence-electron chi connectivity index (χ3n) is 4.07. The molecule has 1 aliphatic heterocycles. The van der Waals surface area contributed by atoms with Crippen LogP contribution in [0.5, 0.6) is 0 Å². The van der Waals surface area contributed by atoms with Gasteiger partial charge in [0, 0.05) is 52.2 Å². The average molecular weight is 301 g/mol. The SMILES string of the molecule is CN(C)c1nc(N2CCN(CCO)CC2)nc2ccccc12. The molecule has 0 bridgehead atoms. The van der Waals surface area contributed by atoms with Crippen LogP contribution in [0.3, 0.4) is 0 Å². The molecular formula is C16H23N5O. The molecule has 1 fully saturated rings. The number of benzene rings is 1. The summed E-state index contributed by atoms with van der Waals surface area (Å²) in [7, 11) is 4.02. The van der Waals surface area contributed by atoms with Crippen LogP contribution in [0.1, 0.15) is 0 Å². The lowest BCUT2D eigenvalue weighted by Gasteiger charge is -2.34. The topological polar surface area (TPSA) is 55.7 Å². The highest BCUT2D eigenvalue weighted by molar-refractivity contribution is 5.90. The van der Waals surface area contributed by atoms with Crippen molar-refractivity contribution in [3.05, 3.63) is 24.3 Å². The average Bonchev–Trinajstić information content (AvgIpc) is 2.54. The van der Waals surface area contributed by atoms with E-state index in [1.807, 2.05) is 37.2 Å². The first kappa shape index (κ1) is 15.0. The summed E-state index contributed by atoms with van der Waals surface area (Å²) >= 11 is 0. The van der Waals surface area contributed by atoms with E-state index in [1.54, 1.807) is 0 Å². The summed E-state index contributed by atoms with van der Waals surface area (Å²) in [6.45, 7) is 4.63. The van der Waals surface area contributed by atoms with E-state index in [-0.39, 0.29) is 6.61 Å². The number of piperazine rings is 1. The van der Waals surface area contributed by atoms with Crippen LogP contribution in [0.2, 0.25) is 0 Å². The van der Waals surface area contributed by atoms with Crippen molar-refractivity contribution < 1.29 is 5.11 Å². The van der Waals surface area contributed by atoms with Crippen molar-refractivity contribution in [1.82, 2.24) is 14.9 Å². The van der Waals surface area contributed by atoms with Gasteiger partial charge in [0.2, 0.25) is 5.95 Å². The number of para-hydroxylation sites is 1. The van der Waals surface area contributed by atoms with E-state index in [4.69, 9.17) is 15.1 Å². The molecule has 1 aliphatic rings.